The first-order chi connectivity index (χ1) is 8.56. The van der Waals surface area contributed by atoms with Crippen molar-refractivity contribution in [3.63, 3.8) is 0 Å². The molecule has 3 nitrogen and oxygen atoms in total. The van der Waals surface area contributed by atoms with Gasteiger partial charge in [0.25, 0.3) is 0 Å². The van der Waals surface area contributed by atoms with Crippen LogP contribution in [0.1, 0.15) is 31.7 Å². The predicted molar refractivity (Wildman–Crippen MR) is 76.2 cm³/mol. The van der Waals surface area contributed by atoms with Gasteiger partial charge in [-0.25, -0.2) is 13.1 Å². The molecule has 0 aliphatic heterocycles. The lowest BCUT2D eigenvalue weighted by Crippen LogP contribution is -2.27. The average Bonchev–Trinajstić information content (AvgIpc) is 3.07. The minimum Gasteiger partial charge on any atom is -0.208 e. The number of nitrogens with one attached hydrogen (secondary N) is 1. The first-order valence-electron chi connectivity index (χ1n) is 6.24. The second-order valence-corrected chi connectivity index (χ2v) is 7.06. The molecule has 1 fully saturated rings. The summed E-state index contributed by atoms with van der Waals surface area (Å²) in [5.41, 5.74) is 1.07. The Labute approximate surface area is 117 Å². The standard InChI is InChI=1S/C13H18BrNO2S/c1-2-3-11-8-13(11)15-18(16,17)12-6-4-10(9-14)5-7-12/h4-7,11,13,15H,2-3,8-9H2,1H3. The number of halogens is 1. The third kappa shape index (κ3) is 3.33. The molecule has 1 saturated carbocycles. The molecular formula is C13H18BrNO2S. The van der Waals surface area contributed by atoms with Gasteiger partial charge in [-0.1, -0.05) is 41.4 Å². The van der Waals surface area contributed by atoms with E-state index in [-0.39, 0.29) is 6.04 Å². The van der Waals surface area contributed by atoms with Crippen molar-refractivity contribution in [1.29, 1.82) is 0 Å². The van der Waals surface area contributed by atoms with Gasteiger partial charge in [0.1, 0.15) is 0 Å². The van der Waals surface area contributed by atoms with E-state index in [0.717, 1.165) is 30.2 Å². The van der Waals surface area contributed by atoms with Gasteiger partial charge in [-0.3, -0.25) is 0 Å². The summed E-state index contributed by atoms with van der Waals surface area (Å²) in [5.74, 6) is 0.534. The van der Waals surface area contributed by atoms with Crippen LogP contribution < -0.4 is 4.72 Å². The number of hydrogen-bond donors (Lipinski definition) is 1. The van der Waals surface area contributed by atoms with Gasteiger partial charge in [-0.05, 0) is 36.5 Å². The Balaban J connectivity index is 2.02. The van der Waals surface area contributed by atoms with Crippen LogP contribution in [0.25, 0.3) is 0 Å². The van der Waals surface area contributed by atoms with Gasteiger partial charge in [0.05, 0.1) is 4.90 Å². The maximum absolute atomic E-state index is 12.1. The summed E-state index contributed by atoms with van der Waals surface area (Å²) in [7, 11) is -3.34. The van der Waals surface area contributed by atoms with Crippen molar-refractivity contribution in [1.82, 2.24) is 4.72 Å². The Morgan fingerprint density at radius 1 is 1.33 bits per heavy atom. The van der Waals surface area contributed by atoms with Crippen molar-refractivity contribution >= 4 is 26.0 Å². The molecule has 5 heteroatoms. The van der Waals surface area contributed by atoms with Crippen LogP contribution in [0.5, 0.6) is 0 Å². The molecule has 2 unspecified atom stereocenters. The number of benzene rings is 1. The Hall–Kier alpha value is -0.390. The zero-order valence-electron chi connectivity index (χ0n) is 10.4. The van der Waals surface area contributed by atoms with E-state index in [1.165, 1.54) is 0 Å². The zero-order chi connectivity index (χ0) is 13.2. The Morgan fingerprint density at radius 3 is 2.56 bits per heavy atom. The number of hydrogen-bond acceptors (Lipinski definition) is 2. The van der Waals surface area contributed by atoms with Crippen LogP contribution in [0.4, 0.5) is 0 Å². The van der Waals surface area contributed by atoms with E-state index in [4.69, 9.17) is 0 Å². The summed E-state index contributed by atoms with van der Waals surface area (Å²) < 4.78 is 27.0. The van der Waals surface area contributed by atoms with Gasteiger partial charge < -0.3 is 0 Å². The number of rotatable bonds is 6. The minimum atomic E-state index is -3.34. The summed E-state index contributed by atoms with van der Waals surface area (Å²) in [4.78, 5) is 0.356. The van der Waals surface area contributed by atoms with Crippen LogP contribution in [-0.4, -0.2) is 14.5 Å². The van der Waals surface area contributed by atoms with Gasteiger partial charge in [-0.2, -0.15) is 0 Å². The largest absolute Gasteiger partial charge is 0.240 e. The highest BCUT2D eigenvalue weighted by molar-refractivity contribution is 9.08. The van der Waals surface area contributed by atoms with Gasteiger partial charge in [0.2, 0.25) is 10.0 Å². The molecule has 1 aliphatic carbocycles. The van der Waals surface area contributed by atoms with Crippen LogP contribution >= 0.6 is 15.9 Å². The van der Waals surface area contributed by atoms with Crippen LogP contribution in [0.15, 0.2) is 29.2 Å². The van der Waals surface area contributed by atoms with Crippen LogP contribution in [0.2, 0.25) is 0 Å². The number of alkyl halides is 1. The molecule has 0 spiro atoms. The molecule has 0 saturated heterocycles. The monoisotopic (exact) mass is 331 g/mol. The molecule has 2 atom stereocenters. The van der Waals surface area contributed by atoms with Gasteiger partial charge >= 0.3 is 0 Å². The average molecular weight is 332 g/mol. The van der Waals surface area contributed by atoms with Crippen molar-refractivity contribution in [3.05, 3.63) is 29.8 Å². The fourth-order valence-electron chi connectivity index (χ4n) is 2.11. The Morgan fingerprint density at radius 2 is 2.00 bits per heavy atom. The van der Waals surface area contributed by atoms with Crippen LogP contribution in [-0.2, 0) is 15.4 Å². The Bertz CT molecular complexity index is 498. The number of sulfonamides is 1. The van der Waals surface area contributed by atoms with Crippen molar-refractivity contribution < 1.29 is 8.42 Å². The molecule has 0 radical (unpaired) electrons. The SMILES string of the molecule is CCCC1CC1NS(=O)(=O)c1ccc(CBr)cc1. The second-order valence-electron chi connectivity index (χ2n) is 4.79. The Kier molecular flexibility index (Phi) is 4.45. The molecule has 0 aromatic heterocycles. The molecule has 0 heterocycles. The minimum absolute atomic E-state index is 0.144. The molecule has 100 valence electrons. The van der Waals surface area contributed by atoms with Gasteiger partial charge in [0, 0.05) is 11.4 Å². The first kappa shape index (κ1) is 14.0. The lowest BCUT2D eigenvalue weighted by molar-refractivity contribution is 0.573. The van der Waals surface area contributed by atoms with Crippen molar-refractivity contribution in [3.8, 4) is 0 Å². The van der Waals surface area contributed by atoms with Gasteiger partial charge in [0.15, 0.2) is 0 Å². The molecule has 0 bridgehead atoms. The summed E-state index contributed by atoms with van der Waals surface area (Å²) in [6.45, 7) is 2.13. The molecule has 0 amide bonds. The normalized spacial score (nSPS) is 23.0. The van der Waals surface area contributed by atoms with E-state index < -0.39 is 10.0 Å². The molecule has 1 aromatic rings. The zero-order valence-corrected chi connectivity index (χ0v) is 12.8. The maximum atomic E-state index is 12.1. The molecule has 1 aromatic carbocycles. The van der Waals surface area contributed by atoms with E-state index in [0.29, 0.717) is 10.8 Å². The maximum Gasteiger partial charge on any atom is 0.240 e. The van der Waals surface area contributed by atoms with Crippen LogP contribution in [0, 0.1) is 5.92 Å². The molecule has 1 N–H and O–H groups in total. The molecule has 1 aliphatic rings. The predicted octanol–water partition coefficient (Wildman–Crippen LogP) is 3.05. The van der Waals surface area contributed by atoms with Crippen LogP contribution in [0.3, 0.4) is 0 Å². The molecule has 2 rings (SSSR count). The lowest BCUT2D eigenvalue weighted by atomic mass is 10.2. The van der Waals surface area contributed by atoms with Crippen molar-refractivity contribution in [2.75, 3.05) is 0 Å². The van der Waals surface area contributed by atoms with Gasteiger partial charge in [-0.15, -0.1) is 0 Å². The van der Waals surface area contributed by atoms with Crippen molar-refractivity contribution in [2.45, 2.75) is 42.5 Å². The third-order valence-electron chi connectivity index (χ3n) is 3.28. The summed E-state index contributed by atoms with van der Waals surface area (Å²) in [6.07, 6.45) is 3.20. The third-order valence-corrected chi connectivity index (χ3v) is 5.43. The first-order valence-corrected chi connectivity index (χ1v) is 8.84. The van der Waals surface area contributed by atoms with E-state index in [9.17, 15) is 8.42 Å². The van der Waals surface area contributed by atoms with E-state index >= 15 is 0 Å². The quantitative estimate of drug-likeness (QED) is 0.814. The highest BCUT2D eigenvalue weighted by atomic mass is 79.9. The fourth-order valence-corrected chi connectivity index (χ4v) is 3.80. The summed E-state index contributed by atoms with van der Waals surface area (Å²) in [5, 5.41) is 0.738. The molecular weight excluding hydrogens is 314 g/mol. The van der Waals surface area contributed by atoms with E-state index in [1.807, 2.05) is 12.1 Å². The van der Waals surface area contributed by atoms with E-state index in [1.54, 1.807) is 12.1 Å². The fraction of sp³-hybridized carbons (Fsp3) is 0.538. The smallest absolute Gasteiger partial charge is 0.208 e. The second kappa shape index (κ2) is 5.72. The topological polar surface area (TPSA) is 46.2 Å². The highest BCUT2D eigenvalue weighted by Crippen LogP contribution is 2.35. The lowest BCUT2D eigenvalue weighted by Gasteiger charge is -2.06. The van der Waals surface area contributed by atoms with E-state index in [2.05, 4.69) is 27.6 Å². The summed E-state index contributed by atoms with van der Waals surface area (Å²) >= 11 is 3.34. The summed E-state index contributed by atoms with van der Waals surface area (Å²) in [6, 6.07) is 7.14. The van der Waals surface area contributed by atoms with Crippen molar-refractivity contribution in [2.24, 2.45) is 5.92 Å². The molecule has 18 heavy (non-hydrogen) atoms. The highest BCUT2D eigenvalue weighted by Gasteiger charge is 2.39.